The van der Waals surface area contributed by atoms with E-state index >= 15 is 0 Å². The molecule has 2 aliphatic rings. The number of nitrogens with zero attached hydrogens (tertiary/aromatic N) is 2. The van der Waals surface area contributed by atoms with Gasteiger partial charge in [0.1, 0.15) is 0 Å². The molecule has 1 saturated heterocycles. The van der Waals surface area contributed by atoms with Crippen LogP contribution in [0.25, 0.3) is 22.6 Å². The number of para-hydroxylation sites is 2. The summed E-state index contributed by atoms with van der Waals surface area (Å²) in [5, 5.41) is 1.13. The van der Waals surface area contributed by atoms with Crippen molar-refractivity contribution in [2.75, 3.05) is 24.7 Å². The fourth-order valence-corrected chi connectivity index (χ4v) is 4.89. The molecule has 5 heteroatoms. The highest BCUT2D eigenvalue weighted by Crippen LogP contribution is 2.43. The molecule has 0 atom stereocenters. The second-order valence-electron chi connectivity index (χ2n) is 7.54. The molecule has 0 radical (unpaired) electrons. The molecular formula is C23H22BrN3O. The van der Waals surface area contributed by atoms with Crippen LogP contribution in [0.5, 0.6) is 0 Å². The average molecular weight is 436 g/mol. The molecule has 1 fully saturated rings. The van der Waals surface area contributed by atoms with Gasteiger partial charge in [0.25, 0.3) is 5.91 Å². The lowest BCUT2D eigenvalue weighted by atomic mass is 10.0. The Hall–Kier alpha value is -2.37. The molecule has 1 aromatic heterocycles. The Morgan fingerprint density at radius 2 is 1.86 bits per heavy atom. The molecular weight excluding hydrogens is 414 g/mol. The predicted molar refractivity (Wildman–Crippen MR) is 118 cm³/mol. The quantitative estimate of drug-likeness (QED) is 0.569. The Bertz CT molecular complexity index is 1080. The molecule has 1 N–H and O–H groups in total. The van der Waals surface area contributed by atoms with Gasteiger partial charge in [-0.3, -0.25) is 14.6 Å². The predicted octanol–water partition coefficient (Wildman–Crippen LogP) is 5.26. The van der Waals surface area contributed by atoms with Gasteiger partial charge < -0.3 is 4.98 Å². The van der Waals surface area contributed by atoms with Crippen LogP contribution >= 0.6 is 15.9 Å². The van der Waals surface area contributed by atoms with Gasteiger partial charge in [-0.25, -0.2) is 0 Å². The van der Waals surface area contributed by atoms with Crippen LogP contribution in [0.4, 0.5) is 5.69 Å². The van der Waals surface area contributed by atoms with Crippen LogP contribution in [0.1, 0.15) is 30.4 Å². The van der Waals surface area contributed by atoms with Crippen LogP contribution in [0.2, 0.25) is 0 Å². The van der Waals surface area contributed by atoms with E-state index in [4.69, 9.17) is 0 Å². The third-order valence-corrected chi connectivity index (χ3v) is 6.37. The van der Waals surface area contributed by atoms with E-state index in [2.05, 4.69) is 44.0 Å². The zero-order valence-electron chi connectivity index (χ0n) is 15.6. The fourth-order valence-electron chi connectivity index (χ4n) is 4.31. The second-order valence-corrected chi connectivity index (χ2v) is 8.39. The SMILES string of the molecule is O=C1/C(=C\c2c[nH]c3ccccc23)c2cccc(Br)c2N1CN1CCCCC1. The van der Waals surface area contributed by atoms with E-state index in [1.54, 1.807) is 0 Å². The first-order valence-electron chi connectivity index (χ1n) is 9.83. The molecule has 3 heterocycles. The van der Waals surface area contributed by atoms with Gasteiger partial charge in [0, 0.05) is 38.3 Å². The van der Waals surface area contributed by atoms with Crippen molar-refractivity contribution in [2.45, 2.75) is 19.3 Å². The maximum atomic E-state index is 13.5. The normalized spacial score (nSPS) is 19.0. The van der Waals surface area contributed by atoms with Crippen molar-refractivity contribution < 1.29 is 4.79 Å². The van der Waals surface area contributed by atoms with Crippen LogP contribution in [-0.4, -0.2) is 35.5 Å². The molecule has 0 saturated carbocycles. The summed E-state index contributed by atoms with van der Waals surface area (Å²) in [7, 11) is 0. The van der Waals surface area contributed by atoms with Crippen LogP contribution in [-0.2, 0) is 4.79 Å². The van der Waals surface area contributed by atoms with E-state index in [1.807, 2.05) is 41.4 Å². The average Bonchev–Trinajstić information content (AvgIpc) is 3.25. The number of aromatic amines is 1. The summed E-state index contributed by atoms with van der Waals surface area (Å²) in [6.45, 7) is 2.77. The summed E-state index contributed by atoms with van der Waals surface area (Å²) in [4.78, 5) is 21.1. The van der Waals surface area contributed by atoms with Crippen molar-refractivity contribution >= 4 is 50.1 Å². The minimum absolute atomic E-state index is 0.0813. The smallest absolute Gasteiger partial charge is 0.260 e. The van der Waals surface area contributed by atoms with Crippen LogP contribution in [0.15, 0.2) is 53.1 Å². The summed E-state index contributed by atoms with van der Waals surface area (Å²) in [6, 6.07) is 14.3. The topological polar surface area (TPSA) is 39.3 Å². The standard InChI is InChI=1S/C23H22BrN3O/c24-20-9-6-8-18-19(13-16-14-25-21-10-3-2-7-17(16)21)23(28)27(22(18)20)15-26-11-4-1-5-12-26/h2-3,6-10,13-14,25H,1,4-5,11-12,15H2/b19-13-. The number of rotatable bonds is 3. The molecule has 5 rings (SSSR count). The van der Waals surface area contributed by atoms with Gasteiger partial charge in [-0.15, -0.1) is 0 Å². The van der Waals surface area contributed by atoms with Gasteiger partial charge in [-0.05, 0) is 60.1 Å². The van der Waals surface area contributed by atoms with Crippen LogP contribution < -0.4 is 4.90 Å². The highest BCUT2D eigenvalue weighted by Gasteiger charge is 2.35. The summed E-state index contributed by atoms with van der Waals surface area (Å²) in [5.74, 6) is 0.0813. The van der Waals surface area contributed by atoms with Crippen molar-refractivity contribution in [1.82, 2.24) is 9.88 Å². The zero-order chi connectivity index (χ0) is 19.1. The molecule has 3 aromatic rings. The number of benzene rings is 2. The molecule has 28 heavy (non-hydrogen) atoms. The van der Waals surface area contributed by atoms with E-state index < -0.39 is 0 Å². The molecule has 0 spiro atoms. The van der Waals surface area contributed by atoms with E-state index in [-0.39, 0.29) is 5.91 Å². The molecule has 142 valence electrons. The molecule has 4 nitrogen and oxygen atoms in total. The lowest BCUT2D eigenvalue weighted by Crippen LogP contribution is -2.42. The van der Waals surface area contributed by atoms with Gasteiger partial charge in [0.05, 0.1) is 12.4 Å². The Morgan fingerprint density at radius 3 is 2.71 bits per heavy atom. The van der Waals surface area contributed by atoms with Gasteiger partial charge in [-0.2, -0.15) is 0 Å². The van der Waals surface area contributed by atoms with Gasteiger partial charge >= 0.3 is 0 Å². The maximum Gasteiger partial charge on any atom is 0.260 e. The van der Waals surface area contributed by atoms with Gasteiger partial charge in [0.2, 0.25) is 0 Å². The first kappa shape index (κ1) is 17.7. The lowest BCUT2D eigenvalue weighted by molar-refractivity contribution is -0.113. The Kier molecular flexibility index (Phi) is 4.57. The zero-order valence-corrected chi connectivity index (χ0v) is 17.2. The third kappa shape index (κ3) is 2.99. The number of likely N-dealkylation sites (tertiary alicyclic amines) is 1. The number of carbonyl (C=O) groups is 1. The van der Waals surface area contributed by atoms with Crippen molar-refractivity contribution in [1.29, 1.82) is 0 Å². The molecule has 1 amide bonds. The van der Waals surface area contributed by atoms with Crippen molar-refractivity contribution in [2.24, 2.45) is 0 Å². The van der Waals surface area contributed by atoms with Gasteiger partial charge in [0.15, 0.2) is 0 Å². The van der Waals surface area contributed by atoms with E-state index in [9.17, 15) is 4.79 Å². The number of carbonyl (C=O) groups excluding carboxylic acids is 1. The first-order chi connectivity index (χ1) is 13.7. The summed E-state index contributed by atoms with van der Waals surface area (Å²) < 4.78 is 0.970. The summed E-state index contributed by atoms with van der Waals surface area (Å²) in [6.07, 6.45) is 7.72. The molecule has 2 aliphatic heterocycles. The maximum absolute atomic E-state index is 13.5. The number of amides is 1. The number of nitrogens with one attached hydrogen (secondary N) is 1. The highest BCUT2D eigenvalue weighted by molar-refractivity contribution is 9.10. The van der Waals surface area contributed by atoms with Crippen LogP contribution in [0.3, 0.4) is 0 Å². The number of fused-ring (bicyclic) bond motifs is 2. The monoisotopic (exact) mass is 435 g/mol. The summed E-state index contributed by atoms with van der Waals surface area (Å²) >= 11 is 3.68. The molecule has 0 aliphatic carbocycles. The minimum atomic E-state index is 0.0813. The van der Waals surface area contributed by atoms with E-state index in [0.29, 0.717) is 6.67 Å². The minimum Gasteiger partial charge on any atom is -0.361 e. The number of hydrogen-bond acceptors (Lipinski definition) is 2. The van der Waals surface area contributed by atoms with E-state index in [1.165, 1.54) is 19.3 Å². The Labute approximate surface area is 173 Å². The van der Waals surface area contributed by atoms with Crippen molar-refractivity contribution in [3.05, 3.63) is 64.3 Å². The number of aromatic nitrogens is 1. The molecule has 0 unspecified atom stereocenters. The largest absolute Gasteiger partial charge is 0.361 e. The molecule has 2 aromatic carbocycles. The highest BCUT2D eigenvalue weighted by atomic mass is 79.9. The number of piperidine rings is 1. The number of anilines is 1. The van der Waals surface area contributed by atoms with Crippen LogP contribution in [0, 0.1) is 0 Å². The summed E-state index contributed by atoms with van der Waals surface area (Å²) in [5.41, 5.74) is 4.88. The Morgan fingerprint density at radius 1 is 1.04 bits per heavy atom. The number of hydrogen-bond donors (Lipinski definition) is 1. The van der Waals surface area contributed by atoms with Crippen molar-refractivity contribution in [3.63, 3.8) is 0 Å². The third-order valence-electron chi connectivity index (χ3n) is 5.73. The van der Waals surface area contributed by atoms with E-state index in [0.717, 1.165) is 50.9 Å². The number of halogens is 1. The second kappa shape index (κ2) is 7.22. The Balaban J connectivity index is 1.57. The first-order valence-corrected chi connectivity index (χ1v) is 10.6. The lowest BCUT2D eigenvalue weighted by Gasteiger charge is -2.31. The molecule has 0 bridgehead atoms. The van der Waals surface area contributed by atoms with Gasteiger partial charge in [-0.1, -0.05) is 36.8 Å². The van der Waals surface area contributed by atoms with Crippen molar-refractivity contribution in [3.8, 4) is 0 Å². The fraction of sp³-hybridized carbons (Fsp3) is 0.261. The number of H-pyrrole nitrogens is 1.